The molecule has 0 saturated heterocycles. The number of carbonyl (C=O) groups is 2. The molecule has 0 aromatic heterocycles. The van der Waals surface area contributed by atoms with Crippen molar-refractivity contribution in [3.63, 3.8) is 0 Å². The molecule has 9 heteroatoms. The molecular weight excluding hydrogens is 493 g/mol. The SMILES string of the molecule is CCCNC(=O)[C@H](CC)N(Cc1ccc(F)cc1)C(=O)CN(c1ccccc1)S(=O)(=O)c1ccccc1. The maximum Gasteiger partial charge on any atom is 0.264 e. The lowest BCUT2D eigenvalue weighted by Crippen LogP contribution is -2.52. The van der Waals surface area contributed by atoms with E-state index in [1.54, 1.807) is 67.6 Å². The Balaban J connectivity index is 2.00. The normalized spacial score (nSPS) is 12.0. The Kier molecular flexibility index (Phi) is 9.79. The van der Waals surface area contributed by atoms with E-state index in [-0.39, 0.29) is 17.3 Å². The van der Waals surface area contributed by atoms with Gasteiger partial charge in [-0.25, -0.2) is 12.8 Å². The number of para-hydroxylation sites is 1. The van der Waals surface area contributed by atoms with Crippen LogP contribution < -0.4 is 9.62 Å². The predicted molar refractivity (Wildman–Crippen MR) is 142 cm³/mol. The van der Waals surface area contributed by atoms with Crippen LogP contribution in [0.2, 0.25) is 0 Å². The van der Waals surface area contributed by atoms with Gasteiger partial charge in [-0.15, -0.1) is 0 Å². The van der Waals surface area contributed by atoms with Crippen molar-refractivity contribution in [2.45, 2.75) is 44.2 Å². The van der Waals surface area contributed by atoms with Crippen molar-refractivity contribution in [3.05, 3.63) is 96.3 Å². The number of hydrogen-bond donors (Lipinski definition) is 1. The molecule has 1 N–H and O–H groups in total. The van der Waals surface area contributed by atoms with E-state index in [1.807, 2.05) is 6.92 Å². The number of amides is 2. The Morgan fingerprint density at radius 1 is 0.892 bits per heavy atom. The van der Waals surface area contributed by atoms with Gasteiger partial charge in [0.1, 0.15) is 18.4 Å². The van der Waals surface area contributed by atoms with Crippen LogP contribution in [0.5, 0.6) is 0 Å². The van der Waals surface area contributed by atoms with Crippen molar-refractivity contribution in [3.8, 4) is 0 Å². The summed E-state index contributed by atoms with van der Waals surface area (Å²) in [6.45, 7) is 3.67. The lowest BCUT2D eigenvalue weighted by Gasteiger charge is -2.33. The number of halogens is 1. The Bertz CT molecular complexity index is 1270. The smallest absolute Gasteiger partial charge is 0.264 e. The molecule has 0 fully saturated rings. The van der Waals surface area contributed by atoms with Gasteiger partial charge < -0.3 is 10.2 Å². The molecule has 0 saturated carbocycles. The summed E-state index contributed by atoms with van der Waals surface area (Å²) in [5, 5.41) is 2.83. The fraction of sp³-hybridized carbons (Fsp3) is 0.286. The minimum absolute atomic E-state index is 0.0190. The molecule has 0 bridgehead atoms. The van der Waals surface area contributed by atoms with E-state index in [0.717, 1.165) is 10.7 Å². The van der Waals surface area contributed by atoms with Crippen LogP contribution >= 0.6 is 0 Å². The van der Waals surface area contributed by atoms with Crippen LogP contribution in [0.4, 0.5) is 10.1 Å². The molecule has 196 valence electrons. The topological polar surface area (TPSA) is 86.8 Å². The lowest BCUT2D eigenvalue weighted by atomic mass is 10.1. The third-order valence-corrected chi connectivity index (χ3v) is 7.64. The summed E-state index contributed by atoms with van der Waals surface area (Å²) < 4.78 is 41.8. The number of sulfonamides is 1. The van der Waals surface area contributed by atoms with Crippen LogP contribution in [0.25, 0.3) is 0 Å². The molecule has 0 spiro atoms. The second kappa shape index (κ2) is 13.0. The lowest BCUT2D eigenvalue weighted by molar-refractivity contribution is -0.140. The quantitative estimate of drug-likeness (QED) is 0.381. The standard InChI is InChI=1S/C28H32FN3O4S/c1-3-19-30-28(34)26(4-2)31(20-22-15-17-23(29)18-16-22)27(33)21-32(24-11-7-5-8-12-24)37(35,36)25-13-9-6-10-14-25/h5-18,26H,3-4,19-21H2,1-2H3,(H,30,34)/t26-/m0/s1. The second-order valence-corrected chi connectivity index (χ2v) is 10.4. The van der Waals surface area contributed by atoms with Gasteiger partial charge in [0.15, 0.2) is 0 Å². The molecule has 0 aliphatic rings. The monoisotopic (exact) mass is 525 g/mol. The number of rotatable bonds is 12. The molecule has 3 aromatic rings. The van der Waals surface area contributed by atoms with Gasteiger partial charge in [0.2, 0.25) is 11.8 Å². The Morgan fingerprint density at radius 3 is 2.05 bits per heavy atom. The first kappa shape index (κ1) is 27.9. The van der Waals surface area contributed by atoms with Gasteiger partial charge in [0, 0.05) is 13.1 Å². The zero-order chi connectivity index (χ0) is 26.8. The summed E-state index contributed by atoms with van der Waals surface area (Å²) in [6, 6.07) is 21.1. The molecule has 3 aromatic carbocycles. The summed E-state index contributed by atoms with van der Waals surface area (Å²) in [6.07, 6.45) is 1.05. The Labute approximate surface area is 218 Å². The first-order valence-corrected chi connectivity index (χ1v) is 13.7. The van der Waals surface area contributed by atoms with Crippen LogP contribution in [0.3, 0.4) is 0 Å². The molecule has 1 atom stereocenters. The van der Waals surface area contributed by atoms with E-state index in [1.165, 1.54) is 29.2 Å². The third kappa shape index (κ3) is 7.16. The molecule has 37 heavy (non-hydrogen) atoms. The molecule has 2 amide bonds. The highest BCUT2D eigenvalue weighted by Crippen LogP contribution is 2.24. The molecule has 0 unspecified atom stereocenters. The number of hydrogen-bond acceptors (Lipinski definition) is 4. The molecular formula is C28H32FN3O4S. The van der Waals surface area contributed by atoms with Crippen molar-refractivity contribution >= 4 is 27.5 Å². The third-order valence-electron chi connectivity index (χ3n) is 5.86. The van der Waals surface area contributed by atoms with E-state index in [0.29, 0.717) is 24.2 Å². The first-order chi connectivity index (χ1) is 17.8. The highest BCUT2D eigenvalue weighted by atomic mass is 32.2. The van der Waals surface area contributed by atoms with Gasteiger partial charge in [0.05, 0.1) is 10.6 Å². The average molecular weight is 526 g/mol. The van der Waals surface area contributed by atoms with Crippen LogP contribution in [-0.4, -0.2) is 44.3 Å². The van der Waals surface area contributed by atoms with Gasteiger partial charge in [-0.3, -0.25) is 13.9 Å². The van der Waals surface area contributed by atoms with Crippen molar-refractivity contribution in [2.75, 3.05) is 17.4 Å². The van der Waals surface area contributed by atoms with Crippen molar-refractivity contribution < 1.29 is 22.4 Å². The van der Waals surface area contributed by atoms with Gasteiger partial charge in [-0.1, -0.05) is 62.4 Å². The number of nitrogens with zero attached hydrogens (tertiary/aromatic N) is 2. The maximum absolute atomic E-state index is 13.8. The summed E-state index contributed by atoms with van der Waals surface area (Å²) in [5.74, 6) is -1.29. The van der Waals surface area contributed by atoms with E-state index >= 15 is 0 Å². The zero-order valence-electron chi connectivity index (χ0n) is 21.0. The van der Waals surface area contributed by atoms with Crippen LogP contribution in [0.15, 0.2) is 89.8 Å². The highest BCUT2D eigenvalue weighted by Gasteiger charge is 2.33. The first-order valence-electron chi connectivity index (χ1n) is 12.2. The Morgan fingerprint density at radius 2 is 1.49 bits per heavy atom. The van der Waals surface area contributed by atoms with Gasteiger partial charge >= 0.3 is 0 Å². The van der Waals surface area contributed by atoms with Gasteiger partial charge in [0.25, 0.3) is 10.0 Å². The number of anilines is 1. The van der Waals surface area contributed by atoms with Crippen LogP contribution in [0, 0.1) is 5.82 Å². The number of nitrogens with one attached hydrogen (secondary N) is 1. The predicted octanol–water partition coefficient (Wildman–Crippen LogP) is 4.35. The molecule has 7 nitrogen and oxygen atoms in total. The molecule has 0 radical (unpaired) electrons. The van der Waals surface area contributed by atoms with Gasteiger partial charge in [-0.05, 0) is 54.8 Å². The van der Waals surface area contributed by atoms with Crippen LogP contribution in [0.1, 0.15) is 32.3 Å². The van der Waals surface area contributed by atoms with Crippen molar-refractivity contribution in [1.29, 1.82) is 0 Å². The van der Waals surface area contributed by atoms with E-state index in [4.69, 9.17) is 0 Å². The van der Waals surface area contributed by atoms with E-state index in [2.05, 4.69) is 5.32 Å². The maximum atomic E-state index is 13.8. The minimum Gasteiger partial charge on any atom is -0.354 e. The van der Waals surface area contributed by atoms with Crippen molar-refractivity contribution in [1.82, 2.24) is 10.2 Å². The summed E-state index contributed by atoms with van der Waals surface area (Å²) in [5.41, 5.74) is 0.943. The molecule has 0 aliphatic carbocycles. The largest absolute Gasteiger partial charge is 0.354 e. The minimum atomic E-state index is -4.09. The molecule has 0 heterocycles. The van der Waals surface area contributed by atoms with E-state index in [9.17, 15) is 22.4 Å². The fourth-order valence-electron chi connectivity index (χ4n) is 3.91. The number of benzene rings is 3. The fourth-order valence-corrected chi connectivity index (χ4v) is 5.35. The second-order valence-electron chi connectivity index (χ2n) is 8.52. The zero-order valence-corrected chi connectivity index (χ0v) is 21.8. The Hall–Kier alpha value is -3.72. The summed E-state index contributed by atoms with van der Waals surface area (Å²) >= 11 is 0. The van der Waals surface area contributed by atoms with E-state index < -0.39 is 34.3 Å². The van der Waals surface area contributed by atoms with Crippen molar-refractivity contribution in [2.24, 2.45) is 0 Å². The summed E-state index contributed by atoms with van der Waals surface area (Å²) in [4.78, 5) is 28.2. The average Bonchev–Trinajstić information content (AvgIpc) is 2.92. The molecule has 0 aliphatic heterocycles. The molecule has 3 rings (SSSR count). The summed E-state index contributed by atoms with van der Waals surface area (Å²) in [7, 11) is -4.09. The highest BCUT2D eigenvalue weighted by molar-refractivity contribution is 7.92. The number of carbonyl (C=O) groups excluding carboxylic acids is 2. The van der Waals surface area contributed by atoms with Crippen LogP contribution in [-0.2, 0) is 26.2 Å². The van der Waals surface area contributed by atoms with Gasteiger partial charge in [-0.2, -0.15) is 0 Å².